The summed E-state index contributed by atoms with van der Waals surface area (Å²) in [5, 5.41) is 2.97. The van der Waals surface area contributed by atoms with Gasteiger partial charge in [-0.05, 0) is 49.9 Å². The number of imidazole rings is 1. The fourth-order valence-corrected chi connectivity index (χ4v) is 3.31. The molecule has 1 N–H and O–H groups in total. The molecule has 0 bridgehead atoms. The summed E-state index contributed by atoms with van der Waals surface area (Å²) in [4.78, 5) is 18.9. The lowest BCUT2D eigenvalue weighted by molar-refractivity contribution is -0.117. The molecule has 0 spiro atoms. The topological polar surface area (TPSA) is 50.2 Å². The van der Waals surface area contributed by atoms with Crippen molar-refractivity contribution < 1.29 is 4.79 Å². The molecule has 0 aliphatic rings. The van der Waals surface area contributed by atoms with Gasteiger partial charge in [0.1, 0.15) is 5.82 Å². The van der Waals surface area contributed by atoms with E-state index in [1.54, 1.807) is 0 Å². The second-order valence-electron chi connectivity index (χ2n) is 6.26. The van der Waals surface area contributed by atoms with Crippen LogP contribution in [0, 0.1) is 6.92 Å². The molecule has 5 nitrogen and oxygen atoms in total. The number of rotatable bonds is 5. The minimum absolute atomic E-state index is 0.0355. The number of para-hydroxylation sites is 2. The maximum absolute atomic E-state index is 12.3. The van der Waals surface area contributed by atoms with E-state index in [1.807, 2.05) is 62.3 Å². The summed E-state index contributed by atoms with van der Waals surface area (Å²) in [5.74, 6) is 0.906. The van der Waals surface area contributed by atoms with E-state index < -0.39 is 0 Å². The third kappa shape index (κ3) is 4.08. The number of carbonyl (C=O) groups excluding carboxylic acids is 1. The summed E-state index contributed by atoms with van der Waals surface area (Å²) in [7, 11) is 3.93. The maximum atomic E-state index is 12.3. The van der Waals surface area contributed by atoms with Gasteiger partial charge in [-0.2, -0.15) is 0 Å². The summed E-state index contributed by atoms with van der Waals surface area (Å²) >= 11 is 3.43. The Morgan fingerprint density at radius 1 is 1.28 bits per heavy atom. The van der Waals surface area contributed by atoms with Crippen molar-refractivity contribution in [2.75, 3.05) is 18.9 Å². The van der Waals surface area contributed by atoms with Crippen molar-refractivity contribution in [1.82, 2.24) is 14.5 Å². The summed E-state index contributed by atoms with van der Waals surface area (Å²) in [6.07, 6.45) is 0. The molecule has 0 atom stereocenters. The van der Waals surface area contributed by atoms with Gasteiger partial charge in [0.15, 0.2) is 0 Å². The highest BCUT2D eigenvalue weighted by atomic mass is 79.9. The number of aryl methyl sites for hydroxylation is 2. The molecule has 6 heteroatoms. The number of benzene rings is 2. The molecule has 1 heterocycles. The summed E-state index contributed by atoms with van der Waals surface area (Å²) in [5.41, 5.74) is 3.94. The van der Waals surface area contributed by atoms with Crippen LogP contribution in [0.25, 0.3) is 11.0 Å². The van der Waals surface area contributed by atoms with Crippen molar-refractivity contribution in [3.63, 3.8) is 0 Å². The lowest BCUT2D eigenvalue weighted by Crippen LogP contribution is -2.30. The monoisotopic (exact) mass is 400 g/mol. The Hall–Kier alpha value is -2.18. The van der Waals surface area contributed by atoms with E-state index >= 15 is 0 Å². The first-order valence-corrected chi connectivity index (χ1v) is 8.88. The number of amides is 1. The Morgan fingerprint density at radius 3 is 2.76 bits per heavy atom. The number of nitrogens with one attached hydrogen (secondary N) is 1. The van der Waals surface area contributed by atoms with Gasteiger partial charge in [-0.1, -0.05) is 28.1 Å². The van der Waals surface area contributed by atoms with Crippen LogP contribution in [-0.2, 0) is 18.4 Å². The highest BCUT2D eigenvalue weighted by Gasteiger charge is 2.13. The molecule has 3 rings (SSSR count). The number of hydrogen-bond donors (Lipinski definition) is 1. The van der Waals surface area contributed by atoms with Crippen LogP contribution in [0.15, 0.2) is 46.9 Å². The molecule has 0 aliphatic carbocycles. The van der Waals surface area contributed by atoms with Crippen molar-refractivity contribution in [2.24, 2.45) is 7.05 Å². The second kappa shape index (κ2) is 7.37. The molecule has 3 aromatic rings. The fraction of sp³-hybridized carbons (Fsp3) is 0.263. The first-order valence-electron chi connectivity index (χ1n) is 8.09. The van der Waals surface area contributed by atoms with Crippen molar-refractivity contribution >= 4 is 38.6 Å². The first kappa shape index (κ1) is 17.6. The third-order valence-corrected chi connectivity index (χ3v) is 4.66. The Bertz CT molecular complexity index is 919. The average Bonchev–Trinajstić information content (AvgIpc) is 2.86. The lowest BCUT2D eigenvalue weighted by Gasteiger charge is -2.16. The van der Waals surface area contributed by atoms with Gasteiger partial charge in [-0.25, -0.2) is 4.98 Å². The lowest BCUT2D eigenvalue weighted by atomic mass is 10.2. The van der Waals surface area contributed by atoms with Crippen molar-refractivity contribution in [1.29, 1.82) is 0 Å². The van der Waals surface area contributed by atoms with Crippen molar-refractivity contribution in [3.8, 4) is 0 Å². The molecular weight excluding hydrogens is 380 g/mol. The van der Waals surface area contributed by atoms with Gasteiger partial charge in [0.05, 0.1) is 24.1 Å². The maximum Gasteiger partial charge on any atom is 0.238 e. The van der Waals surface area contributed by atoms with E-state index in [-0.39, 0.29) is 5.91 Å². The van der Waals surface area contributed by atoms with Gasteiger partial charge >= 0.3 is 0 Å². The largest absolute Gasteiger partial charge is 0.330 e. The molecule has 0 saturated heterocycles. The average molecular weight is 401 g/mol. The standard InChI is InChI=1S/C19H21BrN4O/c1-13-10-14(20)8-9-15(13)22-19(25)12-23(2)11-18-21-16-6-4-5-7-17(16)24(18)3/h4-10H,11-12H2,1-3H3,(H,22,25). The van der Waals surface area contributed by atoms with E-state index in [2.05, 4.69) is 36.9 Å². The Labute approximate surface area is 155 Å². The molecule has 2 aromatic carbocycles. The molecular formula is C19H21BrN4O. The molecule has 1 aromatic heterocycles. The molecule has 0 radical (unpaired) electrons. The highest BCUT2D eigenvalue weighted by molar-refractivity contribution is 9.10. The molecule has 130 valence electrons. The van der Waals surface area contributed by atoms with Gasteiger partial charge in [-0.15, -0.1) is 0 Å². The Balaban J connectivity index is 1.64. The molecule has 0 aliphatic heterocycles. The van der Waals surface area contributed by atoms with Crippen molar-refractivity contribution in [2.45, 2.75) is 13.5 Å². The van der Waals surface area contributed by atoms with Crippen LogP contribution < -0.4 is 5.32 Å². The van der Waals surface area contributed by atoms with Crippen LogP contribution in [0.1, 0.15) is 11.4 Å². The van der Waals surface area contributed by atoms with Crippen LogP contribution in [0.2, 0.25) is 0 Å². The van der Waals surface area contributed by atoms with Gasteiger partial charge in [-0.3, -0.25) is 9.69 Å². The zero-order chi connectivity index (χ0) is 18.0. The molecule has 0 fully saturated rings. The highest BCUT2D eigenvalue weighted by Crippen LogP contribution is 2.20. The van der Waals surface area contributed by atoms with Crippen LogP contribution >= 0.6 is 15.9 Å². The van der Waals surface area contributed by atoms with E-state index in [9.17, 15) is 4.79 Å². The van der Waals surface area contributed by atoms with E-state index in [0.717, 1.165) is 32.6 Å². The smallest absolute Gasteiger partial charge is 0.238 e. The third-order valence-electron chi connectivity index (χ3n) is 4.17. The van der Waals surface area contributed by atoms with E-state index in [4.69, 9.17) is 0 Å². The zero-order valence-electron chi connectivity index (χ0n) is 14.6. The van der Waals surface area contributed by atoms with Crippen LogP contribution in [0.3, 0.4) is 0 Å². The molecule has 1 amide bonds. The number of fused-ring (bicyclic) bond motifs is 1. The SMILES string of the molecule is Cc1cc(Br)ccc1NC(=O)CN(C)Cc1nc2ccccc2n1C. The number of carbonyl (C=O) groups is 1. The first-order chi connectivity index (χ1) is 11.9. The van der Waals surface area contributed by atoms with Crippen LogP contribution in [-0.4, -0.2) is 34.0 Å². The molecule has 0 unspecified atom stereocenters. The number of aromatic nitrogens is 2. The van der Waals surface area contributed by atoms with Gasteiger partial charge < -0.3 is 9.88 Å². The number of anilines is 1. The van der Waals surface area contributed by atoms with E-state index in [1.165, 1.54) is 0 Å². The minimum atomic E-state index is -0.0355. The van der Waals surface area contributed by atoms with Crippen LogP contribution in [0.4, 0.5) is 5.69 Å². The van der Waals surface area contributed by atoms with E-state index in [0.29, 0.717) is 13.1 Å². The van der Waals surface area contributed by atoms with Gasteiger partial charge in [0, 0.05) is 17.2 Å². The summed E-state index contributed by atoms with van der Waals surface area (Å²) in [6, 6.07) is 13.9. The van der Waals surface area contributed by atoms with Crippen molar-refractivity contribution in [3.05, 3.63) is 58.3 Å². The fourth-order valence-electron chi connectivity index (χ4n) is 2.84. The Morgan fingerprint density at radius 2 is 2.04 bits per heavy atom. The predicted octanol–water partition coefficient (Wildman–Crippen LogP) is 3.71. The summed E-state index contributed by atoms with van der Waals surface area (Å²) < 4.78 is 3.07. The van der Waals surface area contributed by atoms with Crippen LogP contribution in [0.5, 0.6) is 0 Å². The number of nitrogens with zero attached hydrogens (tertiary/aromatic N) is 3. The second-order valence-corrected chi connectivity index (χ2v) is 7.17. The number of halogens is 1. The number of hydrogen-bond acceptors (Lipinski definition) is 3. The zero-order valence-corrected chi connectivity index (χ0v) is 16.2. The normalized spacial score (nSPS) is 11.2. The quantitative estimate of drug-likeness (QED) is 0.709. The van der Waals surface area contributed by atoms with Gasteiger partial charge in [0.2, 0.25) is 5.91 Å². The van der Waals surface area contributed by atoms with Gasteiger partial charge in [0.25, 0.3) is 0 Å². The molecule has 0 saturated carbocycles. The summed E-state index contributed by atoms with van der Waals surface area (Å²) in [6.45, 7) is 2.89. The predicted molar refractivity (Wildman–Crippen MR) is 105 cm³/mol. The minimum Gasteiger partial charge on any atom is -0.330 e. The molecule has 25 heavy (non-hydrogen) atoms. The Kier molecular flexibility index (Phi) is 5.20. The number of likely N-dealkylation sites (N-methyl/N-ethyl adjacent to an activating group) is 1.